The van der Waals surface area contributed by atoms with Crippen LogP contribution in [0.5, 0.6) is 11.5 Å². The number of ether oxygens (including phenoxy) is 2. The first kappa shape index (κ1) is 16.5. The molecule has 1 aromatic rings. The summed E-state index contributed by atoms with van der Waals surface area (Å²) in [5.41, 5.74) is 1.54. The molecule has 112 valence electrons. The molecule has 0 amide bonds. The van der Waals surface area contributed by atoms with Gasteiger partial charge in [-0.2, -0.15) is 0 Å². The number of hydrogen-bond donors (Lipinski definition) is 1. The second kappa shape index (κ2) is 7.89. The minimum atomic E-state index is -0.536. The van der Waals surface area contributed by atoms with Gasteiger partial charge in [0.25, 0.3) is 0 Å². The zero-order valence-electron chi connectivity index (χ0n) is 12.1. The number of hydrogen-bond acceptors (Lipinski definition) is 5. The van der Waals surface area contributed by atoms with Crippen molar-refractivity contribution in [2.75, 3.05) is 6.61 Å². The molecule has 0 spiro atoms. The van der Waals surface area contributed by atoms with Crippen molar-refractivity contribution in [3.8, 4) is 11.5 Å². The second-order valence-electron chi connectivity index (χ2n) is 4.53. The van der Waals surface area contributed by atoms with Gasteiger partial charge in [-0.05, 0) is 30.7 Å². The average molecular weight is 290 g/mol. The van der Waals surface area contributed by atoms with E-state index in [9.17, 15) is 14.7 Å². The summed E-state index contributed by atoms with van der Waals surface area (Å²) in [4.78, 5) is 22.3. The standard InChI is InChI=1S/C16H18O5/c1-11(2)8-9-20-16(19)7-5-13-4-6-14(18)15(10-13)21-12(3)17/h4-7,10,18H,1,8-9H2,2-3H3/b7-5+. The summed E-state index contributed by atoms with van der Waals surface area (Å²) in [7, 11) is 0. The van der Waals surface area contributed by atoms with Gasteiger partial charge < -0.3 is 14.6 Å². The van der Waals surface area contributed by atoms with E-state index in [0.29, 0.717) is 12.0 Å². The summed E-state index contributed by atoms with van der Waals surface area (Å²) in [6.07, 6.45) is 3.40. The van der Waals surface area contributed by atoms with Gasteiger partial charge >= 0.3 is 11.9 Å². The SMILES string of the molecule is C=C(C)CCOC(=O)/C=C/c1ccc(O)c(OC(C)=O)c1. The van der Waals surface area contributed by atoms with E-state index >= 15 is 0 Å². The van der Waals surface area contributed by atoms with E-state index < -0.39 is 11.9 Å². The van der Waals surface area contributed by atoms with Gasteiger partial charge in [-0.25, -0.2) is 4.79 Å². The van der Waals surface area contributed by atoms with Gasteiger partial charge in [0.2, 0.25) is 0 Å². The van der Waals surface area contributed by atoms with Crippen LogP contribution in [0.15, 0.2) is 36.4 Å². The molecule has 0 atom stereocenters. The van der Waals surface area contributed by atoms with Crippen LogP contribution in [0.25, 0.3) is 6.08 Å². The highest BCUT2D eigenvalue weighted by atomic mass is 16.5. The normalized spacial score (nSPS) is 10.4. The van der Waals surface area contributed by atoms with Gasteiger partial charge in [0.1, 0.15) is 0 Å². The van der Waals surface area contributed by atoms with Crippen LogP contribution in [0.4, 0.5) is 0 Å². The minimum absolute atomic E-state index is 0.0419. The lowest BCUT2D eigenvalue weighted by Gasteiger charge is -2.05. The second-order valence-corrected chi connectivity index (χ2v) is 4.53. The molecule has 0 saturated carbocycles. The quantitative estimate of drug-likeness (QED) is 0.377. The molecule has 0 aliphatic heterocycles. The summed E-state index contributed by atoms with van der Waals surface area (Å²) in [5.74, 6) is -1.12. The van der Waals surface area contributed by atoms with E-state index in [2.05, 4.69) is 6.58 Å². The monoisotopic (exact) mass is 290 g/mol. The van der Waals surface area contributed by atoms with E-state index in [1.807, 2.05) is 6.92 Å². The number of carbonyl (C=O) groups is 2. The molecule has 1 aromatic carbocycles. The van der Waals surface area contributed by atoms with Crippen LogP contribution in [0, 0.1) is 0 Å². The fraction of sp³-hybridized carbons (Fsp3) is 0.250. The van der Waals surface area contributed by atoms with Crippen molar-refractivity contribution in [3.05, 3.63) is 42.0 Å². The van der Waals surface area contributed by atoms with Crippen molar-refractivity contribution in [3.63, 3.8) is 0 Å². The van der Waals surface area contributed by atoms with Crippen LogP contribution < -0.4 is 4.74 Å². The number of carbonyl (C=O) groups excluding carboxylic acids is 2. The van der Waals surface area contributed by atoms with Gasteiger partial charge in [0, 0.05) is 19.4 Å². The van der Waals surface area contributed by atoms with Crippen LogP contribution in [0.3, 0.4) is 0 Å². The molecule has 1 rings (SSSR count). The molecule has 1 N–H and O–H groups in total. The molecule has 0 bridgehead atoms. The zero-order chi connectivity index (χ0) is 15.8. The molecule has 0 aliphatic rings. The Hall–Kier alpha value is -2.56. The average Bonchev–Trinajstić information content (AvgIpc) is 2.38. The Balaban J connectivity index is 2.65. The van der Waals surface area contributed by atoms with Crippen molar-refractivity contribution >= 4 is 18.0 Å². The third-order valence-electron chi connectivity index (χ3n) is 2.42. The molecule has 0 unspecified atom stereocenters. The van der Waals surface area contributed by atoms with Gasteiger partial charge in [0.05, 0.1) is 6.61 Å². The van der Waals surface area contributed by atoms with E-state index in [0.717, 1.165) is 5.57 Å². The van der Waals surface area contributed by atoms with Crippen LogP contribution >= 0.6 is 0 Å². The fourth-order valence-electron chi connectivity index (χ4n) is 1.41. The van der Waals surface area contributed by atoms with Crippen molar-refractivity contribution in [2.24, 2.45) is 0 Å². The highest BCUT2D eigenvalue weighted by Gasteiger charge is 2.06. The maximum absolute atomic E-state index is 11.5. The molecule has 21 heavy (non-hydrogen) atoms. The zero-order valence-corrected chi connectivity index (χ0v) is 12.1. The molecule has 0 aliphatic carbocycles. The lowest BCUT2D eigenvalue weighted by molar-refractivity contribution is -0.137. The van der Waals surface area contributed by atoms with Crippen LogP contribution in [-0.2, 0) is 14.3 Å². The van der Waals surface area contributed by atoms with E-state index in [1.54, 1.807) is 6.07 Å². The molecule has 5 nitrogen and oxygen atoms in total. The van der Waals surface area contributed by atoms with Gasteiger partial charge in [0.15, 0.2) is 11.5 Å². The number of benzene rings is 1. The lowest BCUT2D eigenvalue weighted by atomic mass is 10.2. The van der Waals surface area contributed by atoms with Crippen molar-refractivity contribution < 1.29 is 24.2 Å². The highest BCUT2D eigenvalue weighted by Crippen LogP contribution is 2.27. The largest absolute Gasteiger partial charge is 0.504 e. The van der Waals surface area contributed by atoms with Gasteiger partial charge in [-0.15, -0.1) is 6.58 Å². The number of aromatic hydroxyl groups is 1. The number of esters is 2. The maximum atomic E-state index is 11.5. The smallest absolute Gasteiger partial charge is 0.330 e. The first-order valence-corrected chi connectivity index (χ1v) is 6.39. The molecule has 0 aromatic heterocycles. The molecule has 0 heterocycles. The predicted octanol–water partition coefficient (Wildman–Crippen LogP) is 2.84. The van der Waals surface area contributed by atoms with E-state index in [-0.39, 0.29) is 18.1 Å². The minimum Gasteiger partial charge on any atom is -0.504 e. The third-order valence-corrected chi connectivity index (χ3v) is 2.42. The Bertz CT molecular complexity index is 572. The van der Waals surface area contributed by atoms with Crippen molar-refractivity contribution in [1.29, 1.82) is 0 Å². The summed E-state index contributed by atoms with van der Waals surface area (Å²) in [5, 5.41) is 9.53. The molecule has 0 saturated heterocycles. The van der Waals surface area contributed by atoms with Crippen LogP contribution in [0.1, 0.15) is 25.8 Å². The van der Waals surface area contributed by atoms with Crippen molar-refractivity contribution in [1.82, 2.24) is 0 Å². The Morgan fingerprint density at radius 3 is 2.67 bits per heavy atom. The maximum Gasteiger partial charge on any atom is 0.330 e. The third kappa shape index (κ3) is 6.42. The Labute approximate surface area is 123 Å². The Kier molecular flexibility index (Phi) is 6.20. The lowest BCUT2D eigenvalue weighted by Crippen LogP contribution is -2.02. The summed E-state index contributed by atoms with van der Waals surface area (Å²) >= 11 is 0. The first-order valence-electron chi connectivity index (χ1n) is 6.39. The summed E-state index contributed by atoms with van der Waals surface area (Å²) in [6.45, 7) is 7.09. The predicted molar refractivity (Wildman–Crippen MR) is 78.8 cm³/mol. The Morgan fingerprint density at radius 1 is 1.33 bits per heavy atom. The van der Waals surface area contributed by atoms with Crippen LogP contribution in [0.2, 0.25) is 0 Å². The Morgan fingerprint density at radius 2 is 2.05 bits per heavy atom. The molecular formula is C16H18O5. The molecule has 5 heteroatoms. The summed E-state index contributed by atoms with van der Waals surface area (Å²) in [6, 6.07) is 4.42. The number of rotatable bonds is 6. The van der Waals surface area contributed by atoms with Crippen LogP contribution in [-0.4, -0.2) is 23.7 Å². The van der Waals surface area contributed by atoms with E-state index in [4.69, 9.17) is 9.47 Å². The number of phenolic OH excluding ortho intramolecular Hbond substituents is 1. The number of phenols is 1. The molecule has 0 radical (unpaired) electrons. The van der Waals surface area contributed by atoms with Gasteiger partial charge in [-0.3, -0.25) is 4.79 Å². The first-order chi connectivity index (χ1) is 9.88. The van der Waals surface area contributed by atoms with Crippen molar-refractivity contribution in [2.45, 2.75) is 20.3 Å². The fourth-order valence-corrected chi connectivity index (χ4v) is 1.41. The molecular weight excluding hydrogens is 272 g/mol. The highest BCUT2D eigenvalue weighted by molar-refractivity contribution is 5.87. The van der Waals surface area contributed by atoms with Gasteiger partial charge in [-0.1, -0.05) is 11.6 Å². The summed E-state index contributed by atoms with van der Waals surface area (Å²) < 4.78 is 9.81. The van der Waals surface area contributed by atoms with E-state index in [1.165, 1.54) is 31.2 Å². The molecule has 0 fully saturated rings. The topological polar surface area (TPSA) is 72.8 Å².